The predicted octanol–water partition coefficient (Wildman–Crippen LogP) is 4.11. The van der Waals surface area contributed by atoms with E-state index in [1.807, 2.05) is 48.5 Å². The van der Waals surface area contributed by atoms with Crippen molar-refractivity contribution >= 4 is 32.5 Å². The fraction of sp³-hybridized carbons (Fsp3) is 0.308. The van der Waals surface area contributed by atoms with E-state index in [1.165, 1.54) is 4.31 Å². The molecule has 0 saturated carbocycles. The first kappa shape index (κ1) is 23.1. The molecular weight excluding hydrogens is 438 g/mol. The summed E-state index contributed by atoms with van der Waals surface area (Å²) in [6.45, 7) is 4.91. The van der Waals surface area contributed by atoms with E-state index in [9.17, 15) is 18.0 Å². The van der Waals surface area contributed by atoms with Crippen LogP contribution in [0.25, 0.3) is 10.8 Å². The highest BCUT2D eigenvalue weighted by molar-refractivity contribution is 7.89. The van der Waals surface area contributed by atoms with Crippen LogP contribution in [0.15, 0.2) is 71.6 Å². The van der Waals surface area contributed by atoms with Crippen molar-refractivity contribution in [2.45, 2.75) is 44.7 Å². The van der Waals surface area contributed by atoms with Crippen molar-refractivity contribution in [2.75, 3.05) is 6.61 Å². The highest BCUT2D eigenvalue weighted by Crippen LogP contribution is 2.31. The summed E-state index contributed by atoms with van der Waals surface area (Å²) in [4.78, 5) is 25.4. The number of ketones is 1. The average Bonchev–Trinajstić information content (AvgIpc) is 2.80. The van der Waals surface area contributed by atoms with Crippen LogP contribution in [0, 0.1) is 5.41 Å². The lowest BCUT2D eigenvalue weighted by Gasteiger charge is -2.34. The number of rotatable bonds is 5. The molecule has 0 fully saturated rings. The number of hydrogen-bond donors (Lipinski definition) is 0. The summed E-state index contributed by atoms with van der Waals surface area (Å²) >= 11 is 0. The largest absolute Gasteiger partial charge is 0.456 e. The molecule has 0 unspecified atom stereocenters. The average molecular weight is 466 g/mol. The number of carbonyl (C=O) groups excluding carboxylic acids is 2. The Hall–Kier alpha value is -3.03. The minimum Gasteiger partial charge on any atom is -0.456 e. The van der Waals surface area contributed by atoms with Gasteiger partial charge in [-0.25, -0.2) is 8.42 Å². The van der Waals surface area contributed by atoms with E-state index in [0.717, 1.165) is 21.9 Å². The molecule has 3 aromatic carbocycles. The lowest BCUT2D eigenvalue weighted by molar-refractivity contribution is -0.154. The van der Waals surface area contributed by atoms with Crippen molar-refractivity contribution < 1.29 is 22.7 Å². The van der Waals surface area contributed by atoms with E-state index >= 15 is 0 Å². The summed E-state index contributed by atoms with van der Waals surface area (Å²) in [5.74, 6) is -0.942. The number of carbonyl (C=O) groups is 2. The van der Waals surface area contributed by atoms with Gasteiger partial charge in [-0.15, -0.1) is 0 Å². The minimum atomic E-state index is -4.01. The maximum Gasteiger partial charge on any atom is 0.325 e. The van der Waals surface area contributed by atoms with Gasteiger partial charge in [0.2, 0.25) is 10.0 Å². The number of fused-ring (bicyclic) bond motifs is 2. The summed E-state index contributed by atoms with van der Waals surface area (Å²) in [7, 11) is -4.01. The van der Waals surface area contributed by atoms with Crippen LogP contribution >= 0.6 is 0 Å². The molecule has 0 radical (unpaired) electrons. The molecule has 0 spiro atoms. The lowest BCUT2D eigenvalue weighted by atomic mass is 9.91. The van der Waals surface area contributed by atoms with Gasteiger partial charge in [-0.05, 0) is 34.0 Å². The first-order valence-electron chi connectivity index (χ1n) is 10.8. The Kier molecular flexibility index (Phi) is 6.12. The molecule has 7 heteroatoms. The number of ether oxygens (including phenoxy) is 1. The molecule has 1 aliphatic rings. The van der Waals surface area contributed by atoms with Gasteiger partial charge in [0.05, 0.1) is 4.90 Å². The summed E-state index contributed by atoms with van der Waals surface area (Å²) in [5.41, 5.74) is 1.08. The Morgan fingerprint density at radius 1 is 0.939 bits per heavy atom. The standard InChI is InChI=1S/C26H27NO5S/c1-26(2,3)24(28)17-32-25(29)23-15-20-10-6-7-11-21(20)16-27(23)33(30,31)22-13-12-18-8-4-5-9-19(18)14-22/h4-14,23H,15-17H2,1-3H3/t23-/m1/s1. The van der Waals surface area contributed by atoms with Gasteiger partial charge in [-0.1, -0.05) is 75.4 Å². The summed E-state index contributed by atoms with van der Waals surface area (Å²) in [6.07, 6.45) is 0.186. The van der Waals surface area contributed by atoms with E-state index in [0.29, 0.717) is 0 Å². The van der Waals surface area contributed by atoms with E-state index in [1.54, 1.807) is 39.0 Å². The number of benzene rings is 3. The number of nitrogens with zero attached hydrogens (tertiary/aromatic N) is 1. The Labute approximate surface area is 194 Å². The maximum atomic E-state index is 13.7. The van der Waals surface area contributed by atoms with E-state index in [-0.39, 0.29) is 30.3 Å². The number of Topliss-reactive ketones (excluding diaryl/α,β-unsaturated/α-hetero) is 1. The normalized spacial score (nSPS) is 16.9. The Morgan fingerprint density at radius 3 is 2.27 bits per heavy atom. The van der Waals surface area contributed by atoms with Crippen LogP contribution in [0.4, 0.5) is 0 Å². The number of esters is 1. The Bertz CT molecular complexity index is 1320. The minimum absolute atomic E-state index is 0.0539. The SMILES string of the molecule is CC(C)(C)C(=O)COC(=O)[C@H]1Cc2ccccc2CN1S(=O)(=O)c1ccc2ccccc2c1. The molecule has 172 valence electrons. The monoisotopic (exact) mass is 465 g/mol. The van der Waals surface area contributed by atoms with Crippen molar-refractivity contribution in [1.82, 2.24) is 4.31 Å². The second-order valence-electron chi connectivity index (χ2n) is 9.33. The molecule has 0 saturated heterocycles. The van der Waals surface area contributed by atoms with Gasteiger partial charge in [-0.3, -0.25) is 9.59 Å². The van der Waals surface area contributed by atoms with Crippen LogP contribution in [-0.4, -0.2) is 37.1 Å². The van der Waals surface area contributed by atoms with Gasteiger partial charge in [0.1, 0.15) is 6.04 Å². The summed E-state index contributed by atoms with van der Waals surface area (Å²) < 4.78 is 33.9. The van der Waals surface area contributed by atoms with Crippen molar-refractivity contribution in [3.05, 3.63) is 77.9 Å². The van der Waals surface area contributed by atoms with E-state index in [4.69, 9.17) is 4.74 Å². The van der Waals surface area contributed by atoms with Gasteiger partial charge < -0.3 is 4.74 Å². The molecular formula is C26H27NO5S. The maximum absolute atomic E-state index is 13.7. The summed E-state index contributed by atoms with van der Waals surface area (Å²) in [6, 6.07) is 18.8. The van der Waals surface area contributed by atoms with E-state index in [2.05, 4.69) is 0 Å². The molecule has 3 aromatic rings. The molecule has 0 aromatic heterocycles. The van der Waals surface area contributed by atoms with Gasteiger partial charge in [0, 0.05) is 18.4 Å². The molecule has 4 rings (SSSR count). The summed E-state index contributed by atoms with van der Waals surface area (Å²) in [5, 5.41) is 1.72. The zero-order chi connectivity index (χ0) is 23.8. The van der Waals surface area contributed by atoms with Gasteiger partial charge in [-0.2, -0.15) is 4.31 Å². The smallest absolute Gasteiger partial charge is 0.325 e. The molecule has 0 bridgehead atoms. The molecule has 1 aliphatic heterocycles. The fourth-order valence-electron chi connectivity index (χ4n) is 3.87. The van der Waals surface area contributed by atoms with Crippen LogP contribution in [0.3, 0.4) is 0 Å². The van der Waals surface area contributed by atoms with Gasteiger partial charge >= 0.3 is 5.97 Å². The van der Waals surface area contributed by atoms with Crippen molar-refractivity contribution in [1.29, 1.82) is 0 Å². The quantitative estimate of drug-likeness (QED) is 0.530. The van der Waals surface area contributed by atoms with Gasteiger partial charge in [0.15, 0.2) is 12.4 Å². The number of sulfonamides is 1. The van der Waals surface area contributed by atoms with Crippen molar-refractivity contribution in [3.8, 4) is 0 Å². The molecule has 33 heavy (non-hydrogen) atoms. The fourth-order valence-corrected chi connectivity index (χ4v) is 5.46. The van der Waals surface area contributed by atoms with Crippen molar-refractivity contribution in [2.24, 2.45) is 5.41 Å². The zero-order valence-corrected chi connectivity index (χ0v) is 19.8. The third kappa shape index (κ3) is 4.70. The second kappa shape index (κ2) is 8.72. The first-order valence-corrected chi connectivity index (χ1v) is 12.3. The Balaban J connectivity index is 1.69. The second-order valence-corrected chi connectivity index (χ2v) is 11.2. The number of hydrogen-bond acceptors (Lipinski definition) is 5. The predicted molar refractivity (Wildman–Crippen MR) is 126 cm³/mol. The molecule has 6 nitrogen and oxygen atoms in total. The third-order valence-corrected chi connectivity index (χ3v) is 7.84. The molecule has 1 atom stereocenters. The van der Waals surface area contributed by atoms with Gasteiger partial charge in [0.25, 0.3) is 0 Å². The zero-order valence-electron chi connectivity index (χ0n) is 18.9. The van der Waals surface area contributed by atoms with Crippen LogP contribution < -0.4 is 0 Å². The first-order chi connectivity index (χ1) is 15.6. The molecule has 0 aliphatic carbocycles. The third-order valence-electron chi connectivity index (χ3n) is 5.99. The van der Waals surface area contributed by atoms with Crippen LogP contribution in [0.2, 0.25) is 0 Å². The molecule has 0 N–H and O–H groups in total. The topological polar surface area (TPSA) is 80.8 Å². The highest BCUT2D eigenvalue weighted by atomic mass is 32.2. The van der Waals surface area contributed by atoms with Crippen LogP contribution in [0.1, 0.15) is 31.9 Å². The molecule has 1 heterocycles. The highest BCUT2D eigenvalue weighted by Gasteiger charge is 2.41. The molecule has 0 amide bonds. The van der Waals surface area contributed by atoms with E-state index < -0.39 is 27.4 Å². The van der Waals surface area contributed by atoms with Crippen LogP contribution in [0.5, 0.6) is 0 Å². The Morgan fingerprint density at radius 2 is 1.58 bits per heavy atom. The van der Waals surface area contributed by atoms with Crippen molar-refractivity contribution in [3.63, 3.8) is 0 Å². The lowest BCUT2D eigenvalue weighted by Crippen LogP contribution is -2.49. The van der Waals surface area contributed by atoms with Crippen LogP contribution in [-0.2, 0) is 37.3 Å².